The minimum Gasteiger partial charge on any atom is -0.444 e. The summed E-state index contributed by atoms with van der Waals surface area (Å²) >= 11 is 0. The molecular formula is C31H33N3O6S. The van der Waals surface area contributed by atoms with Crippen LogP contribution in [0.1, 0.15) is 45.6 Å². The van der Waals surface area contributed by atoms with Crippen LogP contribution >= 0.6 is 0 Å². The summed E-state index contributed by atoms with van der Waals surface area (Å²) in [4.78, 5) is 30.2. The number of nitrogens with zero attached hydrogens (tertiary/aromatic N) is 2. The van der Waals surface area contributed by atoms with Crippen LogP contribution in [0.3, 0.4) is 0 Å². The molecule has 0 radical (unpaired) electrons. The van der Waals surface area contributed by atoms with E-state index in [4.69, 9.17) is 9.15 Å². The number of benzene rings is 2. The number of hydrogen-bond donors (Lipinski definition) is 1. The van der Waals surface area contributed by atoms with E-state index in [1.54, 1.807) is 51.2 Å². The standard InChI is InChI=1S/C31H33N3O6S/c1-31(2,3)40-30(36)33-24-11-6-5-10-23(24)25-19-21(16-17-32-25)14-15-27(35)26-12-8-18-34(26)41(37,38)29-20-22-9-4-7-13-28(22)39-29/h4-7,9-11,13,16-17,19-20,26H,8,12,14-15,18H2,1-3H3,(H,33,36)/t26-/m0/s1. The lowest BCUT2D eigenvalue weighted by Gasteiger charge is -2.22. The van der Waals surface area contributed by atoms with Crippen LogP contribution in [0.15, 0.2) is 82.4 Å². The maximum absolute atomic E-state index is 13.4. The number of ketones is 1. The minimum absolute atomic E-state index is 0.132. The van der Waals surface area contributed by atoms with Gasteiger partial charge in [0.15, 0.2) is 5.78 Å². The number of furan rings is 1. The van der Waals surface area contributed by atoms with Crippen LogP contribution in [0.4, 0.5) is 10.5 Å². The zero-order valence-electron chi connectivity index (χ0n) is 23.3. The van der Waals surface area contributed by atoms with Gasteiger partial charge in [0.05, 0.1) is 17.4 Å². The third-order valence-corrected chi connectivity index (χ3v) is 8.63. The van der Waals surface area contributed by atoms with Gasteiger partial charge in [0.1, 0.15) is 11.2 Å². The molecule has 5 rings (SSSR count). The van der Waals surface area contributed by atoms with Gasteiger partial charge in [-0.25, -0.2) is 13.2 Å². The SMILES string of the molecule is CC(C)(C)OC(=O)Nc1ccccc1-c1cc(CCC(=O)[C@@H]2CCCN2S(=O)(=O)c2cc3ccccc3o2)ccn1. The summed E-state index contributed by atoms with van der Waals surface area (Å²) in [5, 5.41) is 3.34. The molecule has 1 aliphatic heterocycles. The van der Waals surface area contributed by atoms with E-state index in [2.05, 4.69) is 10.3 Å². The Hall–Kier alpha value is -4.02. The molecule has 9 nitrogen and oxygen atoms in total. The molecule has 0 aliphatic carbocycles. The van der Waals surface area contributed by atoms with Gasteiger partial charge in [-0.05, 0) is 69.9 Å². The van der Waals surface area contributed by atoms with Crippen LogP contribution in [0, 0.1) is 0 Å². The fourth-order valence-electron chi connectivity index (χ4n) is 4.99. The Morgan fingerprint density at radius 1 is 1.07 bits per heavy atom. The molecule has 1 aliphatic rings. The van der Waals surface area contributed by atoms with Gasteiger partial charge in [-0.3, -0.25) is 15.1 Å². The van der Waals surface area contributed by atoms with Crippen LogP contribution in [0.5, 0.6) is 0 Å². The van der Waals surface area contributed by atoms with Crippen molar-refractivity contribution in [2.45, 2.75) is 63.2 Å². The molecule has 0 saturated carbocycles. The number of para-hydroxylation sites is 2. The lowest BCUT2D eigenvalue weighted by Crippen LogP contribution is -2.40. The van der Waals surface area contributed by atoms with E-state index in [0.29, 0.717) is 47.2 Å². The van der Waals surface area contributed by atoms with Gasteiger partial charge < -0.3 is 9.15 Å². The highest BCUT2D eigenvalue weighted by Crippen LogP contribution is 2.31. The van der Waals surface area contributed by atoms with Crippen LogP contribution in [0.2, 0.25) is 0 Å². The minimum atomic E-state index is -3.96. The predicted molar refractivity (Wildman–Crippen MR) is 156 cm³/mol. The molecule has 3 heterocycles. The van der Waals surface area contributed by atoms with E-state index >= 15 is 0 Å². The van der Waals surface area contributed by atoms with Crippen molar-refractivity contribution in [2.75, 3.05) is 11.9 Å². The first-order valence-corrected chi connectivity index (χ1v) is 15.0. The number of hydrogen-bond acceptors (Lipinski definition) is 7. The Morgan fingerprint density at radius 2 is 1.83 bits per heavy atom. The topological polar surface area (TPSA) is 119 Å². The van der Waals surface area contributed by atoms with Crippen molar-refractivity contribution in [3.8, 4) is 11.3 Å². The lowest BCUT2D eigenvalue weighted by molar-refractivity contribution is -0.122. The molecule has 1 N–H and O–H groups in total. The number of Topliss-reactive ketones (excluding diaryl/α,β-unsaturated/α-hetero) is 1. The maximum atomic E-state index is 13.4. The van der Waals surface area contributed by atoms with Gasteiger partial charge in [-0.15, -0.1) is 0 Å². The third-order valence-electron chi connectivity index (χ3n) is 6.86. The quantitative estimate of drug-likeness (QED) is 0.266. The highest BCUT2D eigenvalue weighted by atomic mass is 32.2. The zero-order valence-corrected chi connectivity index (χ0v) is 24.1. The third kappa shape index (κ3) is 6.49. The Bertz CT molecular complexity index is 1660. The predicted octanol–water partition coefficient (Wildman–Crippen LogP) is 6.20. The number of carbonyl (C=O) groups is 2. The number of pyridine rings is 1. The number of fused-ring (bicyclic) bond motifs is 1. The monoisotopic (exact) mass is 575 g/mol. The fourth-order valence-corrected chi connectivity index (χ4v) is 6.62. The largest absolute Gasteiger partial charge is 0.444 e. The molecule has 0 bridgehead atoms. The molecule has 2 aromatic heterocycles. The fraction of sp³-hybridized carbons (Fsp3) is 0.323. The Morgan fingerprint density at radius 3 is 2.61 bits per heavy atom. The molecule has 10 heteroatoms. The average molecular weight is 576 g/mol. The van der Waals surface area contributed by atoms with E-state index < -0.39 is 27.8 Å². The summed E-state index contributed by atoms with van der Waals surface area (Å²) in [5.74, 6) is -0.132. The number of carbonyl (C=O) groups excluding carboxylic acids is 2. The van der Waals surface area contributed by atoms with Gasteiger partial charge in [-0.1, -0.05) is 36.4 Å². The summed E-state index contributed by atoms with van der Waals surface area (Å²) in [6.07, 6.45) is 2.78. The van der Waals surface area contributed by atoms with Gasteiger partial charge >= 0.3 is 6.09 Å². The highest BCUT2D eigenvalue weighted by Gasteiger charge is 2.40. The van der Waals surface area contributed by atoms with E-state index in [9.17, 15) is 18.0 Å². The van der Waals surface area contributed by atoms with E-state index in [1.165, 1.54) is 10.4 Å². The zero-order chi connectivity index (χ0) is 29.2. The number of aromatic nitrogens is 1. The number of amides is 1. The van der Waals surface area contributed by atoms with Gasteiger partial charge in [-0.2, -0.15) is 4.31 Å². The number of ether oxygens (including phenoxy) is 1. The van der Waals surface area contributed by atoms with Crippen molar-refractivity contribution in [3.05, 3.63) is 78.5 Å². The molecule has 4 aromatic rings. The molecule has 214 valence electrons. The van der Waals surface area contributed by atoms with Crippen molar-refractivity contribution < 1.29 is 27.2 Å². The summed E-state index contributed by atoms with van der Waals surface area (Å²) in [7, 11) is -3.96. The number of rotatable bonds is 8. The molecule has 1 atom stereocenters. The second kappa shape index (κ2) is 11.5. The highest BCUT2D eigenvalue weighted by molar-refractivity contribution is 7.89. The lowest BCUT2D eigenvalue weighted by atomic mass is 10.0. The second-order valence-electron chi connectivity index (χ2n) is 11.1. The van der Waals surface area contributed by atoms with Crippen LogP contribution in [0.25, 0.3) is 22.2 Å². The molecule has 41 heavy (non-hydrogen) atoms. The van der Waals surface area contributed by atoms with Gasteiger partial charge in [0.25, 0.3) is 10.0 Å². The number of sulfonamides is 1. The Kier molecular flexibility index (Phi) is 7.97. The maximum Gasteiger partial charge on any atom is 0.412 e. The first-order valence-electron chi connectivity index (χ1n) is 13.6. The van der Waals surface area contributed by atoms with Crippen molar-refractivity contribution in [2.24, 2.45) is 0 Å². The summed E-state index contributed by atoms with van der Waals surface area (Å²) < 4.78 is 39.1. The molecule has 0 spiro atoms. The summed E-state index contributed by atoms with van der Waals surface area (Å²) in [6.45, 7) is 5.66. The van der Waals surface area contributed by atoms with E-state index in [1.807, 2.05) is 36.4 Å². The van der Waals surface area contributed by atoms with Crippen molar-refractivity contribution in [1.82, 2.24) is 9.29 Å². The number of nitrogens with one attached hydrogen (secondary N) is 1. The average Bonchev–Trinajstić information content (AvgIpc) is 3.60. The van der Waals surface area contributed by atoms with Crippen molar-refractivity contribution in [3.63, 3.8) is 0 Å². The molecule has 1 amide bonds. The number of anilines is 1. The van der Waals surface area contributed by atoms with Gasteiger partial charge in [0.2, 0.25) is 5.09 Å². The number of aryl methyl sites for hydroxylation is 1. The van der Waals surface area contributed by atoms with Gasteiger partial charge in [0, 0.05) is 36.2 Å². The van der Waals surface area contributed by atoms with E-state index in [-0.39, 0.29) is 23.8 Å². The molecule has 1 saturated heterocycles. The Balaban J connectivity index is 1.28. The van der Waals surface area contributed by atoms with Crippen LogP contribution in [-0.4, -0.2) is 47.8 Å². The molecule has 1 fully saturated rings. The van der Waals surface area contributed by atoms with Crippen LogP contribution in [-0.2, 0) is 26.0 Å². The molecular weight excluding hydrogens is 542 g/mol. The van der Waals surface area contributed by atoms with Crippen LogP contribution < -0.4 is 5.32 Å². The molecule has 2 aromatic carbocycles. The van der Waals surface area contributed by atoms with E-state index in [0.717, 1.165) is 5.56 Å². The Labute approximate surface area is 239 Å². The molecule has 0 unspecified atom stereocenters. The summed E-state index contributed by atoms with van der Waals surface area (Å²) in [6, 6.07) is 18.9. The smallest absolute Gasteiger partial charge is 0.412 e. The van der Waals surface area contributed by atoms with Crippen molar-refractivity contribution >= 4 is 38.6 Å². The first kappa shape index (κ1) is 28.5. The normalized spacial score (nSPS) is 16.1. The summed E-state index contributed by atoms with van der Waals surface area (Å²) in [5.41, 5.74) is 2.63. The first-order chi connectivity index (χ1) is 19.5. The second-order valence-corrected chi connectivity index (χ2v) is 12.9. The van der Waals surface area contributed by atoms with Crippen molar-refractivity contribution in [1.29, 1.82) is 0 Å².